The number of ether oxygens (including phenoxy) is 1. The molecule has 0 atom stereocenters. The van der Waals surface area contributed by atoms with Crippen molar-refractivity contribution in [3.8, 4) is 5.75 Å². The standard InChI is InChI=1S/C16H19N7O.HI/c1-17-16(19-8-10-24-13-5-4-7-18-11-13)20-12-15-22-21-14-6-2-3-9-23(14)15;/h2-7,9,11H,8,10,12H2,1H3,(H2,17,19,20);1H. The van der Waals surface area contributed by atoms with E-state index in [4.69, 9.17) is 4.74 Å². The number of pyridine rings is 2. The van der Waals surface area contributed by atoms with Gasteiger partial charge in [0, 0.05) is 19.4 Å². The van der Waals surface area contributed by atoms with Crippen molar-refractivity contribution < 1.29 is 4.74 Å². The molecule has 0 aliphatic rings. The zero-order valence-corrected chi connectivity index (χ0v) is 16.1. The summed E-state index contributed by atoms with van der Waals surface area (Å²) in [6, 6.07) is 9.51. The van der Waals surface area contributed by atoms with Crippen LogP contribution in [0.1, 0.15) is 5.82 Å². The highest BCUT2D eigenvalue weighted by Crippen LogP contribution is 2.05. The fraction of sp³-hybridized carbons (Fsp3) is 0.250. The van der Waals surface area contributed by atoms with E-state index in [1.807, 2.05) is 40.9 Å². The van der Waals surface area contributed by atoms with E-state index in [1.54, 1.807) is 19.4 Å². The molecule has 0 unspecified atom stereocenters. The molecule has 9 heteroatoms. The summed E-state index contributed by atoms with van der Waals surface area (Å²) in [6.45, 7) is 1.66. The monoisotopic (exact) mass is 453 g/mol. The van der Waals surface area contributed by atoms with Crippen LogP contribution in [0.5, 0.6) is 5.75 Å². The number of nitrogens with zero attached hydrogens (tertiary/aromatic N) is 5. The van der Waals surface area contributed by atoms with Crippen molar-refractivity contribution in [3.63, 3.8) is 0 Å². The van der Waals surface area contributed by atoms with Gasteiger partial charge in [-0.25, -0.2) is 0 Å². The number of fused-ring (bicyclic) bond motifs is 1. The fourth-order valence-electron chi connectivity index (χ4n) is 2.17. The van der Waals surface area contributed by atoms with Crippen LogP contribution < -0.4 is 15.4 Å². The van der Waals surface area contributed by atoms with Crippen molar-refractivity contribution in [1.29, 1.82) is 0 Å². The van der Waals surface area contributed by atoms with Crippen LogP contribution in [0.3, 0.4) is 0 Å². The fourth-order valence-corrected chi connectivity index (χ4v) is 2.17. The van der Waals surface area contributed by atoms with Crippen LogP contribution in [-0.2, 0) is 6.54 Å². The first-order valence-electron chi connectivity index (χ1n) is 7.63. The average Bonchev–Trinajstić information content (AvgIpc) is 3.05. The smallest absolute Gasteiger partial charge is 0.191 e. The van der Waals surface area contributed by atoms with Crippen LogP contribution in [-0.4, -0.2) is 45.7 Å². The molecule has 0 aliphatic carbocycles. The van der Waals surface area contributed by atoms with Crippen molar-refractivity contribution in [1.82, 2.24) is 30.2 Å². The molecule has 0 aliphatic heterocycles. The number of aliphatic imine (C=N–C) groups is 1. The summed E-state index contributed by atoms with van der Waals surface area (Å²) in [5, 5.41) is 14.7. The maximum Gasteiger partial charge on any atom is 0.191 e. The molecule has 2 N–H and O–H groups in total. The molecule has 3 heterocycles. The Morgan fingerprint density at radius 3 is 2.92 bits per heavy atom. The molecule has 0 aromatic carbocycles. The van der Waals surface area contributed by atoms with Crippen LogP contribution in [0.4, 0.5) is 0 Å². The lowest BCUT2D eigenvalue weighted by atomic mass is 10.4. The molecule has 8 nitrogen and oxygen atoms in total. The van der Waals surface area contributed by atoms with Gasteiger partial charge in [0.15, 0.2) is 17.4 Å². The first-order valence-corrected chi connectivity index (χ1v) is 7.63. The van der Waals surface area contributed by atoms with Gasteiger partial charge in [0.25, 0.3) is 0 Å². The number of aromatic nitrogens is 4. The molecule has 3 aromatic heterocycles. The number of hydrogen-bond donors (Lipinski definition) is 2. The maximum absolute atomic E-state index is 5.57. The summed E-state index contributed by atoms with van der Waals surface area (Å²) < 4.78 is 7.51. The second-order valence-electron chi connectivity index (χ2n) is 4.93. The minimum absolute atomic E-state index is 0. The topological polar surface area (TPSA) is 88.7 Å². The Hall–Kier alpha value is -2.43. The molecule has 0 radical (unpaired) electrons. The molecule has 0 saturated heterocycles. The summed E-state index contributed by atoms with van der Waals surface area (Å²) in [7, 11) is 1.72. The van der Waals surface area contributed by atoms with E-state index in [2.05, 4.69) is 30.8 Å². The molecular formula is C16H20IN7O. The van der Waals surface area contributed by atoms with E-state index in [9.17, 15) is 0 Å². The molecule has 0 saturated carbocycles. The maximum atomic E-state index is 5.57. The van der Waals surface area contributed by atoms with Crippen molar-refractivity contribution >= 4 is 35.6 Å². The number of nitrogens with one attached hydrogen (secondary N) is 2. The van der Waals surface area contributed by atoms with Gasteiger partial charge in [-0.15, -0.1) is 34.2 Å². The van der Waals surface area contributed by atoms with Gasteiger partial charge >= 0.3 is 0 Å². The summed E-state index contributed by atoms with van der Waals surface area (Å²) in [5.41, 5.74) is 0.821. The molecular weight excluding hydrogens is 433 g/mol. The third-order valence-corrected chi connectivity index (χ3v) is 3.32. The van der Waals surface area contributed by atoms with Gasteiger partial charge < -0.3 is 15.4 Å². The predicted molar refractivity (Wildman–Crippen MR) is 106 cm³/mol. The zero-order chi connectivity index (χ0) is 16.6. The second kappa shape index (κ2) is 9.77. The Labute approximate surface area is 162 Å². The Kier molecular flexibility index (Phi) is 7.38. The van der Waals surface area contributed by atoms with Crippen molar-refractivity contribution in [3.05, 3.63) is 54.7 Å². The molecule has 0 spiro atoms. The number of halogens is 1. The van der Waals surface area contributed by atoms with E-state index in [0.717, 1.165) is 17.2 Å². The number of hydrogen-bond acceptors (Lipinski definition) is 5. The summed E-state index contributed by atoms with van der Waals surface area (Å²) >= 11 is 0. The third kappa shape index (κ3) is 5.28. The van der Waals surface area contributed by atoms with E-state index < -0.39 is 0 Å². The van der Waals surface area contributed by atoms with E-state index in [-0.39, 0.29) is 24.0 Å². The highest BCUT2D eigenvalue weighted by atomic mass is 127. The van der Waals surface area contributed by atoms with Crippen molar-refractivity contribution in [2.45, 2.75) is 6.54 Å². The van der Waals surface area contributed by atoms with Gasteiger partial charge in [0.05, 0.1) is 19.3 Å². The van der Waals surface area contributed by atoms with Gasteiger partial charge in [0.2, 0.25) is 0 Å². The largest absolute Gasteiger partial charge is 0.490 e. The van der Waals surface area contributed by atoms with Gasteiger partial charge in [-0.3, -0.25) is 14.4 Å². The third-order valence-electron chi connectivity index (χ3n) is 3.32. The lowest BCUT2D eigenvalue weighted by Gasteiger charge is -2.11. The average molecular weight is 453 g/mol. The van der Waals surface area contributed by atoms with Crippen LogP contribution in [0, 0.1) is 0 Å². The van der Waals surface area contributed by atoms with Crippen molar-refractivity contribution in [2.75, 3.05) is 20.2 Å². The van der Waals surface area contributed by atoms with E-state index in [0.29, 0.717) is 25.7 Å². The molecule has 0 amide bonds. The Balaban J connectivity index is 0.00000225. The van der Waals surface area contributed by atoms with E-state index >= 15 is 0 Å². The van der Waals surface area contributed by atoms with Crippen LogP contribution >= 0.6 is 24.0 Å². The molecule has 3 rings (SSSR count). The lowest BCUT2D eigenvalue weighted by Crippen LogP contribution is -2.39. The van der Waals surface area contributed by atoms with Crippen LogP contribution in [0.2, 0.25) is 0 Å². The second-order valence-corrected chi connectivity index (χ2v) is 4.93. The number of guanidine groups is 1. The summed E-state index contributed by atoms with van der Waals surface area (Å²) in [6.07, 6.45) is 5.33. The van der Waals surface area contributed by atoms with Crippen molar-refractivity contribution in [2.24, 2.45) is 4.99 Å². The van der Waals surface area contributed by atoms with Gasteiger partial charge in [-0.05, 0) is 24.3 Å². The molecule has 25 heavy (non-hydrogen) atoms. The first kappa shape index (κ1) is 18.9. The predicted octanol–water partition coefficient (Wildman–Crippen LogP) is 1.49. The van der Waals surface area contributed by atoms with Crippen LogP contribution in [0.15, 0.2) is 53.9 Å². The van der Waals surface area contributed by atoms with Gasteiger partial charge in [-0.1, -0.05) is 6.07 Å². The zero-order valence-electron chi connectivity index (χ0n) is 13.8. The normalized spacial score (nSPS) is 11.0. The first-order chi connectivity index (χ1) is 11.9. The van der Waals surface area contributed by atoms with Crippen LogP contribution in [0.25, 0.3) is 5.65 Å². The quantitative estimate of drug-likeness (QED) is 0.255. The van der Waals surface area contributed by atoms with Gasteiger partial charge in [-0.2, -0.15) is 0 Å². The molecule has 0 bridgehead atoms. The summed E-state index contributed by atoms with van der Waals surface area (Å²) in [5.74, 6) is 2.25. The minimum Gasteiger partial charge on any atom is -0.490 e. The number of rotatable bonds is 6. The van der Waals surface area contributed by atoms with Gasteiger partial charge in [0.1, 0.15) is 12.4 Å². The lowest BCUT2D eigenvalue weighted by molar-refractivity contribution is 0.320. The Morgan fingerprint density at radius 1 is 1.20 bits per heavy atom. The molecule has 3 aromatic rings. The molecule has 132 valence electrons. The minimum atomic E-state index is 0. The highest BCUT2D eigenvalue weighted by Gasteiger charge is 2.05. The Bertz CT molecular complexity index is 806. The summed E-state index contributed by atoms with van der Waals surface area (Å²) in [4.78, 5) is 8.18. The van der Waals surface area contributed by atoms with E-state index in [1.165, 1.54) is 0 Å². The SMILES string of the molecule is CN=C(NCCOc1cccnc1)NCc1nnc2ccccn12.I. The molecule has 0 fully saturated rings. The highest BCUT2D eigenvalue weighted by molar-refractivity contribution is 14.0. The Morgan fingerprint density at radius 2 is 2.12 bits per heavy atom.